The Balaban J connectivity index is 2.05. The first-order valence-corrected chi connectivity index (χ1v) is 6.67. The van der Waals surface area contributed by atoms with Crippen molar-refractivity contribution < 1.29 is 4.79 Å². The van der Waals surface area contributed by atoms with Crippen molar-refractivity contribution in [2.45, 2.75) is 39.5 Å². The molecule has 2 rings (SSSR count). The lowest BCUT2D eigenvalue weighted by molar-refractivity contribution is -0.124. The molecule has 0 radical (unpaired) electrons. The third-order valence-electron chi connectivity index (χ3n) is 3.71. The van der Waals surface area contributed by atoms with Gasteiger partial charge in [-0.15, -0.1) is 10.2 Å². The number of aromatic nitrogens is 2. The highest BCUT2D eigenvalue weighted by Crippen LogP contribution is 2.40. The molecule has 1 fully saturated rings. The summed E-state index contributed by atoms with van der Waals surface area (Å²) in [5.41, 5.74) is 0.0577. The molecule has 1 saturated carbocycles. The van der Waals surface area contributed by atoms with E-state index in [4.69, 9.17) is 11.6 Å². The molecule has 0 aliphatic heterocycles. The number of carbonyl (C=O) groups excluding carboxylic acids is 1. The number of amides is 1. The zero-order chi connectivity index (χ0) is 13.2. The van der Waals surface area contributed by atoms with Gasteiger partial charge in [-0.25, -0.2) is 0 Å². The van der Waals surface area contributed by atoms with Crippen LogP contribution in [0.4, 0.5) is 5.82 Å². The van der Waals surface area contributed by atoms with Crippen LogP contribution in [-0.4, -0.2) is 16.1 Å². The van der Waals surface area contributed by atoms with E-state index in [1.54, 1.807) is 12.1 Å². The number of hydrogen-bond acceptors (Lipinski definition) is 3. The Bertz CT molecular complexity index is 430. The van der Waals surface area contributed by atoms with Crippen molar-refractivity contribution in [3.8, 4) is 0 Å². The number of anilines is 1. The first-order valence-electron chi connectivity index (χ1n) is 6.29. The van der Waals surface area contributed by atoms with Gasteiger partial charge in [-0.05, 0) is 30.4 Å². The minimum absolute atomic E-state index is 0.0383. The molecule has 4 nitrogen and oxygen atoms in total. The lowest BCUT2D eigenvalue weighted by Gasteiger charge is -2.37. The van der Waals surface area contributed by atoms with Crippen molar-refractivity contribution in [3.05, 3.63) is 17.3 Å². The lowest BCUT2D eigenvalue weighted by Crippen LogP contribution is -2.37. The van der Waals surface area contributed by atoms with E-state index >= 15 is 0 Å². The molecule has 1 aromatic rings. The molecule has 1 N–H and O–H groups in total. The first kappa shape index (κ1) is 13.3. The average molecular weight is 268 g/mol. The molecule has 0 saturated heterocycles. The van der Waals surface area contributed by atoms with Crippen LogP contribution in [0.5, 0.6) is 0 Å². The fourth-order valence-electron chi connectivity index (χ4n) is 2.58. The normalized spacial score (nSPS) is 22.5. The molecule has 1 atom stereocenters. The Morgan fingerprint density at radius 3 is 2.78 bits per heavy atom. The second-order valence-corrected chi connectivity index (χ2v) is 5.90. The van der Waals surface area contributed by atoms with Gasteiger partial charge in [-0.3, -0.25) is 4.79 Å². The van der Waals surface area contributed by atoms with Crippen LogP contribution in [0.1, 0.15) is 39.5 Å². The summed E-state index contributed by atoms with van der Waals surface area (Å²) in [4.78, 5) is 12.3. The number of halogens is 1. The van der Waals surface area contributed by atoms with Crippen LogP contribution >= 0.6 is 11.6 Å². The van der Waals surface area contributed by atoms with Gasteiger partial charge in [0.2, 0.25) is 5.91 Å². The molecule has 5 heteroatoms. The molecule has 1 aliphatic carbocycles. The van der Waals surface area contributed by atoms with Crippen molar-refractivity contribution in [2.75, 3.05) is 5.32 Å². The Morgan fingerprint density at radius 1 is 1.39 bits per heavy atom. The summed E-state index contributed by atoms with van der Waals surface area (Å²) in [7, 11) is 0. The molecule has 1 heterocycles. The van der Waals surface area contributed by atoms with Crippen molar-refractivity contribution in [1.29, 1.82) is 0 Å². The van der Waals surface area contributed by atoms with Crippen molar-refractivity contribution in [2.24, 2.45) is 11.3 Å². The minimum atomic E-state index is 0.0383. The molecule has 1 aromatic heterocycles. The summed E-state index contributed by atoms with van der Waals surface area (Å²) in [6, 6.07) is 3.29. The fraction of sp³-hybridized carbons (Fsp3) is 0.615. The van der Waals surface area contributed by atoms with Gasteiger partial charge in [0.1, 0.15) is 0 Å². The van der Waals surface area contributed by atoms with Crippen LogP contribution in [0.25, 0.3) is 0 Å². The highest BCUT2D eigenvalue weighted by Gasteiger charge is 2.37. The van der Waals surface area contributed by atoms with Gasteiger partial charge in [0, 0.05) is 5.92 Å². The molecular formula is C13H18ClN3O. The summed E-state index contributed by atoms with van der Waals surface area (Å²) < 4.78 is 0. The van der Waals surface area contributed by atoms with E-state index in [1.807, 2.05) is 0 Å². The quantitative estimate of drug-likeness (QED) is 0.895. The summed E-state index contributed by atoms with van der Waals surface area (Å²) >= 11 is 5.66. The summed E-state index contributed by atoms with van der Waals surface area (Å²) in [5.74, 6) is 0.547. The molecule has 98 valence electrons. The molecule has 18 heavy (non-hydrogen) atoms. The van der Waals surface area contributed by atoms with Crippen LogP contribution in [-0.2, 0) is 4.79 Å². The number of hydrogen-bond donors (Lipinski definition) is 1. The molecule has 0 aromatic carbocycles. The van der Waals surface area contributed by atoms with E-state index in [2.05, 4.69) is 29.4 Å². The third-order valence-corrected chi connectivity index (χ3v) is 3.91. The van der Waals surface area contributed by atoms with Gasteiger partial charge in [-0.2, -0.15) is 0 Å². The lowest BCUT2D eigenvalue weighted by atomic mass is 9.68. The van der Waals surface area contributed by atoms with Crippen molar-refractivity contribution in [1.82, 2.24) is 10.2 Å². The Kier molecular flexibility index (Phi) is 3.85. The van der Waals surface area contributed by atoms with Gasteiger partial charge in [0.15, 0.2) is 11.0 Å². The summed E-state index contributed by atoms with van der Waals surface area (Å²) in [5, 5.41) is 10.7. The van der Waals surface area contributed by atoms with Gasteiger partial charge in [-0.1, -0.05) is 38.3 Å². The van der Waals surface area contributed by atoms with Crippen molar-refractivity contribution in [3.63, 3.8) is 0 Å². The second kappa shape index (κ2) is 5.22. The van der Waals surface area contributed by atoms with E-state index in [9.17, 15) is 4.79 Å². The van der Waals surface area contributed by atoms with E-state index in [0.717, 1.165) is 19.3 Å². The molecule has 1 unspecified atom stereocenters. The Hall–Kier alpha value is -1.16. The highest BCUT2D eigenvalue weighted by molar-refractivity contribution is 6.29. The number of rotatable bonds is 2. The summed E-state index contributed by atoms with van der Waals surface area (Å²) in [6.07, 6.45) is 4.36. The smallest absolute Gasteiger partial charge is 0.229 e. The molecular weight excluding hydrogens is 250 g/mol. The molecule has 1 aliphatic rings. The van der Waals surface area contributed by atoms with Crippen LogP contribution in [0.3, 0.4) is 0 Å². The van der Waals surface area contributed by atoms with Crippen LogP contribution in [0.2, 0.25) is 5.15 Å². The zero-order valence-electron chi connectivity index (χ0n) is 10.7. The number of carbonyl (C=O) groups is 1. The standard InChI is InChI=1S/C13H18ClN3O/c1-13(2)8-4-3-5-9(13)12(18)15-11-7-6-10(14)16-17-11/h6-7,9H,3-5,8H2,1-2H3,(H,15,17,18). The van der Waals surface area contributed by atoms with Crippen LogP contribution in [0, 0.1) is 11.3 Å². The highest BCUT2D eigenvalue weighted by atomic mass is 35.5. The Labute approximate surface area is 112 Å². The SMILES string of the molecule is CC1(C)CCCCC1C(=O)Nc1ccc(Cl)nn1. The van der Waals surface area contributed by atoms with Gasteiger partial charge >= 0.3 is 0 Å². The monoisotopic (exact) mass is 267 g/mol. The first-order chi connectivity index (χ1) is 8.49. The van der Waals surface area contributed by atoms with Gasteiger partial charge in [0.25, 0.3) is 0 Å². The van der Waals surface area contributed by atoms with Crippen molar-refractivity contribution >= 4 is 23.3 Å². The maximum atomic E-state index is 12.3. The largest absolute Gasteiger partial charge is 0.309 e. The maximum absolute atomic E-state index is 12.3. The second-order valence-electron chi connectivity index (χ2n) is 5.52. The molecule has 0 spiro atoms. The maximum Gasteiger partial charge on any atom is 0.229 e. The number of nitrogens with one attached hydrogen (secondary N) is 1. The predicted molar refractivity (Wildman–Crippen MR) is 71.4 cm³/mol. The van der Waals surface area contributed by atoms with Crippen LogP contribution < -0.4 is 5.32 Å². The van der Waals surface area contributed by atoms with E-state index in [0.29, 0.717) is 11.0 Å². The third kappa shape index (κ3) is 2.99. The predicted octanol–water partition coefficient (Wildman–Crippen LogP) is 3.28. The molecule has 0 bridgehead atoms. The van der Waals surface area contributed by atoms with E-state index in [-0.39, 0.29) is 17.2 Å². The zero-order valence-corrected chi connectivity index (χ0v) is 11.5. The van der Waals surface area contributed by atoms with Gasteiger partial charge in [0.05, 0.1) is 0 Å². The number of nitrogens with zero attached hydrogens (tertiary/aromatic N) is 2. The van der Waals surface area contributed by atoms with Crippen LogP contribution in [0.15, 0.2) is 12.1 Å². The average Bonchev–Trinajstić information content (AvgIpc) is 2.31. The fourth-order valence-corrected chi connectivity index (χ4v) is 2.68. The topological polar surface area (TPSA) is 54.9 Å². The Morgan fingerprint density at radius 2 is 2.17 bits per heavy atom. The minimum Gasteiger partial charge on any atom is -0.309 e. The van der Waals surface area contributed by atoms with E-state index in [1.165, 1.54) is 6.42 Å². The van der Waals surface area contributed by atoms with Gasteiger partial charge < -0.3 is 5.32 Å². The van der Waals surface area contributed by atoms with E-state index < -0.39 is 0 Å². The summed E-state index contributed by atoms with van der Waals surface area (Å²) in [6.45, 7) is 4.31. The molecule has 1 amide bonds.